The number of hydrogen-bond acceptors (Lipinski definition) is 6. The Morgan fingerprint density at radius 1 is 1.00 bits per heavy atom. The van der Waals surface area contributed by atoms with E-state index in [0.717, 1.165) is 22.1 Å². The molecule has 0 saturated heterocycles. The van der Waals surface area contributed by atoms with Crippen LogP contribution in [0.3, 0.4) is 0 Å². The summed E-state index contributed by atoms with van der Waals surface area (Å²) in [6.07, 6.45) is 0.731. The molecule has 0 amide bonds. The molecular weight excluding hydrogens is 466 g/mol. The number of aryl methyl sites for hydroxylation is 2. The Hall–Kier alpha value is -3.75. The van der Waals surface area contributed by atoms with Crippen LogP contribution in [0.4, 0.5) is 0 Å². The molecule has 3 aromatic carbocycles. The Morgan fingerprint density at radius 2 is 1.71 bits per heavy atom. The first kappa shape index (κ1) is 24.4. The van der Waals surface area contributed by atoms with Gasteiger partial charge < -0.3 is 9.15 Å². The maximum absolute atomic E-state index is 13.2. The maximum atomic E-state index is 13.2. The van der Waals surface area contributed by atoms with Gasteiger partial charge in [0.2, 0.25) is 10.0 Å². The summed E-state index contributed by atoms with van der Waals surface area (Å²) >= 11 is 0. The highest BCUT2D eigenvalue weighted by molar-refractivity contribution is 7.89. The number of nitrogens with one attached hydrogen (secondary N) is 1. The predicted octanol–water partition coefficient (Wildman–Crippen LogP) is 4.16. The van der Waals surface area contributed by atoms with Crippen LogP contribution in [0.5, 0.6) is 5.75 Å². The van der Waals surface area contributed by atoms with E-state index >= 15 is 0 Å². The second-order valence-electron chi connectivity index (χ2n) is 8.20. The molecule has 180 valence electrons. The van der Waals surface area contributed by atoms with Gasteiger partial charge in [-0.15, -0.1) is 0 Å². The second kappa shape index (κ2) is 10.2. The van der Waals surface area contributed by atoms with Gasteiger partial charge in [0.25, 0.3) is 0 Å². The Morgan fingerprint density at radius 3 is 2.40 bits per heavy atom. The minimum absolute atomic E-state index is 0.0496. The van der Waals surface area contributed by atoms with Crippen molar-refractivity contribution in [2.24, 2.45) is 0 Å². The fourth-order valence-corrected chi connectivity index (χ4v) is 4.93. The van der Waals surface area contributed by atoms with Crippen LogP contribution in [0, 0.1) is 6.92 Å². The van der Waals surface area contributed by atoms with Crippen molar-refractivity contribution in [3.05, 3.63) is 106 Å². The Bertz CT molecular complexity index is 1510. The lowest BCUT2D eigenvalue weighted by molar-refractivity contribution is -0.136. The van der Waals surface area contributed by atoms with Gasteiger partial charge in [-0.1, -0.05) is 55.0 Å². The molecule has 8 heteroatoms. The molecule has 0 fully saturated rings. The van der Waals surface area contributed by atoms with Crippen LogP contribution in [-0.2, 0) is 27.7 Å². The highest BCUT2D eigenvalue weighted by atomic mass is 32.2. The summed E-state index contributed by atoms with van der Waals surface area (Å²) in [6, 6.07) is 20.4. The standard InChI is InChI=1S/C27H25NO6S/c1-3-20-16-26(29)34-25-17-21(11-14-23(20)25)33-27(30)24(15-19-7-5-4-6-8-19)28-35(31,32)22-12-9-18(2)10-13-22/h4-14,16-17,24,28H,3,15H2,1-2H3/t24-/m0/s1. The van der Waals surface area contributed by atoms with E-state index in [1.807, 2.05) is 32.0 Å². The zero-order valence-electron chi connectivity index (χ0n) is 19.4. The lowest BCUT2D eigenvalue weighted by Crippen LogP contribution is -2.44. The Kier molecular flexibility index (Phi) is 7.14. The number of esters is 1. The van der Waals surface area contributed by atoms with E-state index in [4.69, 9.17) is 9.15 Å². The van der Waals surface area contributed by atoms with Crippen molar-refractivity contribution in [2.45, 2.75) is 37.6 Å². The van der Waals surface area contributed by atoms with E-state index in [0.29, 0.717) is 12.0 Å². The maximum Gasteiger partial charge on any atom is 0.336 e. The van der Waals surface area contributed by atoms with Gasteiger partial charge in [-0.2, -0.15) is 4.72 Å². The van der Waals surface area contributed by atoms with Crippen molar-refractivity contribution in [3.8, 4) is 5.75 Å². The Labute approximate surface area is 203 Å². The number of benzene rings is 3. The van der Waals surface area contributed by atoms with Crippen LogP contribution >= 0.6 is 0 Å². The molecule has 1 atom stereocenters. The first-order valence-corrected chi connectivity index (χ1v) is 12.6. The lowest BCUT2D eigenvalue weighted by atomic mass is 10.1. The van der Waals surface area contributed by atoms with Crippen LogP contribution in [0.1, 0.15) is 23.6 Å². The monoisotopic (exact) mass is 491 g/mol. The number of fused-ring (bicyclic) bond motifs is 1. The van der Waals surface area contributed by atoms with Gasteiger partial charge in [0.15, 0.2) is 0 Å². The molecule has 0 unspecified atom stereocenters. The molecule has 0 bridgehead atoms. The molecule has 0 saturated carbocycles. The summed E-state index contributed by atoms with van der Waals surface area (Å²) in [6.45, 7) is 3.78. The average molecular weight is 492 g/mol. The molecule has 35 heavy (non-hydrogen) atoms. The molecular formula is C27H25NO6S. The van der Waals surface area contributed by atoms with Crippen molar-refractivity contribution >= 4 is 27.0 Å². The zero-order chi connectivity index (χ0) is 25.0. The van der Waals surface area contributed by atoms with E-state index in [1.165, 1.54) is 24.3 Å². The van der Waals surface area contributed by atoms with Crippen LogP contribution < -0.4 is 15.1 Å². The van der Waals surface area contributed by atoms with Gasteiger partial charge in [-0.05, 0) is 55.2 Å². The van der Waals surface area contributed by atoms with Gasteiger partial charge in [0.05, 0.1) is 4.90 Å². The molecule has 1 aromatic heterocycles. The number of hydrogen-bond donors (Lipinski definition) is 1. The minimum Gasteiger partial charge on any atom is -0.425 e. The summed E-state index contributed by atoms with van der Waals surface area (Å²) in [5.41, 5.74) is 2.30. The third kappa shape index (κ3) is 5.85. The summed E-state index contributed by atoms with van der Waals surface area (Å²) in [5.74, 6) is -0.635. The summed E-state index contributed by atoms with van der Waals surface area (Å²) < 4.78 is 39.3. The van der Waals surface area contributed by atoms with Crippen molar-refractivity contribution in [3.63, 3.8) is 0 Å². The largest absolute Gasteiger partial charge is 0.425 e. The van der Waals surface area contributed by atoms with Crippen molar-refractivity contribution in [1.82, 2.24) is 4.72 Å². The number of carbonyl (C=O) groups is 1. The quantitative estimate of drug-likeness (QED) is 0.226. The number of ether oxygens (including phenoxy) is 1. The summed E-state index contributed by atoms with van der Waals surface area (Å²) in [5, 5.41) is 0.743. The van der Waals surface area contributed by atoms with Gasteiger partial charge in [-0.25, -0.2) is 18.0 Å². The zero-order valence-corrected chi connectivity index (χ0v) is 20.2. The van der Waals surface area contributed by atoms with Crippen molar-refractivity contribution < 1.29 is 22.4 Å². The van der Waals surface area contributed by atoms with Crippen molar-refractivity contribution in [2.75, 3.05) is 0 Å². The smallest absolute Gasteiger partial charge is 0.336 e. The number of carbonyl (C=O) groups excluding carboxylic acids is 1. The molecule has 4 rings (SSSR count). The molecule has 4 aromatic rings. The normalized spacial score (nSPS) is 12.4. The molecule has 7 nitrogen and oxygen atoms in total. The molecule has 0 spiro atoms. The predicted molar refractivity (Wildman–Crippen MR) is 133 cm³/mol. The van der Waals surface area contributed by atoms with Crippen LogP contribution in [0.2, 0.25) is 0 Å². The Balaban J connectivity index is 1.63. The van der Waals surface area contributed by atoms with Gasteiger partial charge in [0.1, 0.15) is 17.4 Å². The molecule has 1 N–H and O–H groups in total. The molecule has 0 aliphatic heterocycles. The SMILES string of the molecule is CCc1cc(=O)oc2cc(OC(=O)[C@H](Cc3ccccc3)NS(=O)(=O)c3ccc(C)cc3)ccc12. The van der Waals surface area contributed by atoms with Crippen LogP contribution in [-0.4, -0.2) is 20.4 Å². The van der Waals surface area contributed by atoms with Crippen LogP contribution in [0.25, 0.3) is 11.0 Å². The molecule has 0 aliphatic carbocycles. The minimum atomic E-state index is -3.99. The third-order valence-electron chi connectivity index (χ3n) is 5.60. The molecule has 1 heterocycles. The average Bonchev–Trinajstić information content (AvgIpc) is 2.83. The molecule has 0 radical (unpaired) electrons. The topological polar surface area (TPSA) is 103 Å². The van der Waals surface area contributed by atoms with E-state index in [1.54, 1.807) is 36.4 Å². The van der Waals surface area contributed by atoms with Crippen LogP contribution in [0.15, 0.2) is 93.0 Å². The van der Waals surface area contributed by atoms with Gasteiger partial charge in [-0.3, -0.25) is 0 Å². The van der Waals surface area contributed by atoms with E-state index < -0.39 is 27.7 Å². The van der Waals surface area contributed by atoms with Crippen molar-refractivity contribution in [1.29, 1.82) is 0 Å². The molecule has 0 aliphatic rings. The fourth-order valence-electron chi connectivity index (χ4n) is 3.75. The first-order valence-electron chi connectivity index (χ1n) is 11.2. The first-order chi connectivity index (χ1) is 16.7. The van der Waals surface area contributed by atoms with Gasteiger partial charge in [0, 0.05) is 17.5 Å². The highest BCUT2D eigenvalue weighted by Gasteiger charge is 2.28. The lowest BCUT2D eigenvalue weighted by Gasteiger charge is -2.18. The number of rotatable bonds is 8. The summed E-state index contributed by atoms with van der Waals surface area (Å²) in [4.78, 5) is 25.1. The fraction of sp³-hybridized carbons (Fsp3) is 0.185. The number of sulfonamides is 1. The highest BCUT2D eigenvalue weighted by Crippen LogP contribution is 2.24. The summed E-state index contributed by atoms with van der Waals surface area (Å²) in [7, 11) is -3.99. The van der Waals surface area contributed by atoms with Gasteiger partial charge >= 0.3 is 11.6 Å². The third-order valence-corrected chi connectivity index (χ3v) is 7.08. The van der Waals surface area contributed by atoms with E-state index in [2.05, 4.69) is 4.72 Å². The second-order valence-corrected chi connectivity index (χ2v) is 9.91. The van der Waals surface area contributed by atoms with E-state index in [9.17, 15) is 18.0 Å². The van der Waals surface area contributed by atoms with E-state index in [-0.39, 0.29) is 17.1 Å².